The summed E-state index contributed by atoms with van der Waals surface area (Å²) in [5.74, 6) is 0.797. The maximum atomic E-state index is 5.50. The van der Waals surface area contributed by atoms with Gasteiger partial charge in [-0.05, 0) is 44.4 Å². The average Bonchev–Trinajstić information content (AvgIpc) is 2.33. The van der Waals surface area contributed by atoms with Crippen LogP contribution in [0.1, 0.15) is 38.5 Å². The average molecular weight is 227 g/mol. The number of ether oxygens (including phenoxy) is 2. The smallest absolute Gasteiger partial charge is 0.0619 e. The molecule has 0 bridgehead atoms. The van der Waals surface area contributed by atoms with Crippen LogP contribution >= 0.6 is 0 Å². The maximum absolute atomic E-state index is 5.50. The van der Waals surface area contributed by atoms with Gasteiger partial charge in [-0.25, -0.2) is 0 Å². The minimum Gasteiger partial charge on any atom is -0.384 e. The van der Waals surface area contributed by atoms with E-state index in [2.05, 4.69) is 5.32 Å². The SMILES string of the molecule is COC[C@H]1CC[C@@H](NC2CCCOC2)CC1. The van der Waals surface area contributed by atoms with Gasteiger partial charge in [0.15, 0.2) is 0 Å². The third-order valence-corrected chi connectivity index (χ3v) is 3.88. The molecule has 0 radical (unpaired) electrons. The molecule has 1 atom stereocenters. The highest BCUT2D eigenvalue weighted by Gasteiger charge is 2.23. The lowest BCUT2D eigenvalue weighted by Gasteiger charge is -2.33. The Kier molecular flexibility index (Phi) is 5.07. The van der Waals surface area contributed by atoms with Gasteiger partial charge in [0.05, 0.1) is 6.61 Å². The third kappa shape index (κ3) is 3.72. The first-order valence-corrected chi connectivity index (χ1v) is 6.71. The van der Waals surface area contributed by atoms with Crippen LogP contribution in [0.4, 0.5) is 0 Å². The summed E-state index contributed by atoms with van der Waals surface area (Å²) in [6.07, 6.45) is 7.77. The standard InChI is InChI=1S/C13H25NO2/c1-15-9-11-4-6-12(7-5-11)14-13-3-2-8-16-10-13/h11-14H,2-10H2,1H3/t11-,12+,13?. The molecule has 0 amide bonds. The fourth-order valence-corrected chi connectivity index (χ4v) is 2.94. The molecule has 2 rings (SSSR count). The van der Waals surface area contributed by atoms with Crippen molar-refractivity contribution in [1.29, 1.82) is 0 Å². The normalized spacial score (nSPS) is 36.2. The highest BCUT2D eigenvalue weighted by molar-refractivity contribution is 4.81. The van der Waals surface area contributed by atoms with Gasteiger partial charge in [0.2, 0.25) is 0 Å². The zero-order valence-corrected chi connectivity index (χ0v) is 10.4. The van der Waals surface area contributed by atoms with Crippen LogP contribution in [0.3, 0.4) is 0 Å². The quantitative estimate of drug-likeness (QED) is 0.796. The lowest BCUT2D eigenvalue weighted by Crippen LogP contribution is -2.44. The summed E-state index contributed by atoms with van der Waals surface area (Å²) in [7, 11) is 1.81. The fourth-order valence-electron chi connectivity index (χ4n) is 2.94. The molecule has 0 aromatic carbocycles. The molecule has 1 aliphatic carbocycles. The molecule has 3 nitrogen and oxygen atoms in total. The Morgan fingerprint density at radius 3 is 2.56 bits per heavy atom. The molecule has 1 unspecified atom stereocenters. The first-order chi connectivity index (χ1) is 7.88. The molecular formula is C13H25NO2. The van der Waals surface area contributed by atoms with Crippen molar-refractivity contribution in [2.75, 3.05) is 26.9 Å². The van der Waals surface area contributed by atoms with Crippen LogP contribution in [0.15, 0.2) is 0 Å². The van der Waals surface area contributed by atoms with Crippen molar-refractivity contribution in [3.05, 3.63) is 0 Å². The van der Waals surface area contributed by atoms with Gasteiger partial charge in [-0.3, -0.25) is 0 Å². The van der Waals surface area contributed by atoms with E-state index in [0.717, 1.165) is 31.8 Å². The molecule has 1 N–H and O–H groups in total. The van der Waals surface area contributed by atoms with Gasteiger partial charge in [0.25, 0.3) is 0 Å². The van der Waals surface area contributed by atoms with E-state index < -0.39 is 0 Å². The second-order valence-corrected chi connectivity index (χ2v) is 5.25. The predicted octanol–water partition coefficient (Wildman–Crippen LogP) is 1.96. The van der Waals surface area contributed by atoms with E-state index in [0.29, 0.717) is 6.04 Å². The molecule has 1 saturated carbocycles. The summed E-state index contributed by atoms with van der Waals surface area (Å²) in [5, 5.41) is 3.75. The largest absolute Gasteiger partial charge is 0.384 e. The van der Waals surface area contributed by atoms with Crippen molar-refractivity contribution in [1.82, 2.24) is 5.32 Å². The molecule has 3 heteroatoms. The summed E-state index contributed by atoms with van der Waals surface area (Å²) >= 11 is 0. The second kappa shape index (κ2) is 6.58. The summed E-state index contributed by atoms with van der Waals surface area (Å²) in [6.45, 7) is 2.82. The van der Waals surface area contributed by atoms with Crippen LogP contribution < -0.4 is 5.32 Å². The van der Waals surface area contributed by atoms with Gasteiger partial charge >= 0.3 is 0 Å². The van der Waals surface area contributed by atoms with E-state index in [9.17, 15) is 0 Å². The van der Waals surface area contributed by atoms with Crippen LogP contribution in [-0.4, -0.2) is 39.0 Å². The highest BCUT2D eigenvalue weighted by atomic mass is 16.5. The van der Waals surface area contributed by atoms with Crippen molar-refractivity contribution in [2.45, 2.75) is 50.6 Å². The van der Waals surface area contributed by atoms with Crippen LogP contribution in [0.2, 0.25) is 0 Å². The lowest BCUT2D eigenvalue weighted by atomic mass is 9.86. The van der Waals surface area contributed by atoms with Crippen LogP contribution in [0, 0.1) is 5.92 Å². The first kappa shape index (κ1) is 12.3. The highest BCUT2D eigenvalue weighted by Crippen LogP contribution is 2.25. The molecule has 1 heterocycles. The van der Waals surface area contributed by atoms with Crippen molar-refractivity contribution >= 4 is 0 Å². The van der Waals surface area contributed by atoms with Gasteiger partial charge in [0, 0.05) is 32.4 Å². The Morgan fingerprint density at radius 2 is 1.94 bits per heavy atom. The predicted molar refractivity (Wildman–Crippen MR) is 64.6 cm³/mol. The number of hydrogen-bond acceptors (Lipinski definition) is 3. The topological polar surface area (TPSA) is 30.5 Å². The molecule has 2 fully saturated rings. The molecule has 1 saturated heterocycles. The van der Waals surface area contributed by atoms with Crippen molar-refractivity contribution in [3.63, 3.8) is 0 Å². The fraction of sp³-hybridized carbons (Fsp3) is 1.00. The van der Waals surface area contributed by atoms with Gasteiger partial charge in [-0.2, -0.15) is 0 Å². The second-order valence-electron chi connectivity index (χ2n) is 5.25. The van der Waals surface area contributed by atoms with E-state index >= 15 is 0 Å². The van der Waals surface area contributed by atoms with E-state index in [1.165, 1.54) is 38.5 Å². The molecule has 0 aromatic heterocycles. The van der Waals surface area contributed by atoms with E-state index in [-0.39, 0.29) is 0 Å². The van der Waals surface area contributed by atoms with Crippen molar-refractivity contribution < 1.29 is 9.47 Å². The van der Waals surface area contributed by atoms with E-state index in [1.54, 1.807) is 0 Å². The number of methoxy groups -OCH3 is 1. The molecular weight excluding hydrogens is 202 g/mol. The van der Waals surface area contributed by atoms with Crippen LogP contribution in [0.25, 0.3) is 0 Å². The summed E-state index contributed by atoms with van der Waals surface area (Å²) in [6, 6.07) is 1.33. The Morgan fingerprint density at radius 1 is 1.12 bits per heavy atom. The minimum absolute atomic E-state index is 0.609. The summed E-state index contributed by atoms with van der Waals surface area (Å²) in [4.78, 5) is 0. The zero-order valence-electron chi connectivity index (χ0n) is 10.4. The van der Waals surface area contributed by atoms with Gasteiger partial charge < -0.3 is 14.8 Å². The number of nitrogens with one attached hydrogen (secondary N) is 1. The Hall–Kier alpha value is -0.120. The lowest BCUT2D eigenvalue weighted by molar-refractivity contribution is 0.0605. The van der Waals surface area contributed by atoms with Crippen molar-refractivity contribution in [2.24, 2.45) is 5.92 Å². The van der Waals surface area contributed by atoms with Gasteiger partial charge in [0.1, 0.15) is 0 Å². The Balaban J connectivity index is 1.64. The van der Waals surface area contributed by atoms with Gasteiger partial charge in [-0.15, -0.1) is 0 Å². The maximum Gasteiger partial charge on any atom is 0.0619 e. The molecule has 16 heavy (non-hydrogen) atoms. The number of rotatable bonds is 4. The van der Waals surface area contributed by atoms with E-state index in [4.69, 9.17) is 9.47 Å². The molecule has 94 valence electrons. The molecule has 1 aliphatic heterocycles. The number of hydrogen-bond donors (Lipinski definition) is 1. The molecule has 2 aliphatic rings. The summed E-state index contributed by atoms with van der Waals surface area (Å²) in [5.41, 5.74) is 0. The van der Waals surface area contributed by atoms with Crippen molar-refractivity contribution in [3.8, 4) is 0 Å². The molecule has 0 spiro atoms. The zero-order chi connectivity index (χ0) is 11.2. The molecule has 0 aromatic rings. The monoisotopic (exact) mass is 227 g/mol. The minimum atomic E-state index is 0.609. The van der Waals surface area contributed by atoms with Crippen LogP contribution in [0.5, 0.6) is 0 Å². The van der Waals surface area contributed by atoms with Gasteiger partial charge in [-0.1, -0.05) is 0 Å². The first-order valence-electron chi connectivity index (χ1n) is 6.71. The van der Waals surface area contributed by atoms with E-state index in [1.807, 2.05) is 7.11 Å². The van der Waals surface area contributed by atoms with Crippen LogP contribution in [-0.2, 0) is 9.47 Å². The summed E-state index contributed by atoms with van der Waals surface area (Å²) < 4.78 is 10.7. The third-order valence-electron chi connectivity index (χ3n) is 3.88. The Bertz CT molecular complexity index is 184. The Labute approximate surface area is 98.9 Å².